The van der Waals surface area contributed by atoms with E-state index in [1.807, 2.05) is 0 Å². The summed E-state index contributed by atoms with van der Waals surface area (Å²) < 4.78 is 52.3. The molecule has 1 aliphatic heterocycles. The van der Waals surface area contributed by atoms with Crippen molar-refractivity contribution in [1.29, 1.82) is 0 Å². The van der Waals surface area contributed by atoms with Gasteiger partial charge in [0.2, 0.25) is 5.91 Å². The highest BCUT2D eigenvalue weighted by atomic mass is 19.4. The molecule has 3 rings (SSSR count). The number of alkyl halides is 3. The zero-order chi connectivity index (χ0) is 19.3. The predicted octanol–water partition coefficient (Wildman–Crippen LogP) is 4.40. The van der Waals surface area contributed by atoms with Gasteiger partial charge in [-0.05, 0) is 24.3 Å². The molecular formula is C19H16F3NO4. The number of para-hydroxylation sites is 1. The number of benzene rings is 2. The van der Waals surface area contributed by atoms with E-state index in [-0.39, 0.29) is 11.3 Å². The first-order chi connectivity index (χ1) is 12.9. The van der Waals surface area contributed by atoms with Gasteiger partial charge in [-0.2, -0.15) is 0 Å². The summed E-state index contributed by atoms with van der Waals surface area (Å²) in [6.45, 7) is 1.07. The minimum atomic E-state index is -4.81. The Balaban J connectivity index is 1.69. The van der Waals surface area contributed by atoms with Crippen LogP contribution in [-0.2, 0) is 4.79 Å². The Labute approximate surface area is 153 Å². The number of carbonyl (C=O) groups excluding carboxylic acids is 1. The van der Waals surface area contributed by atoms with E-state index in [2.05, 4.69) is 10.1 Å². The van der Waals surface area contributed by atoms with E-state index in [0.717, 1.165) is 12.5 Å². The molecule has 2 aromatic rings. The van der Waals surface area contributed by atoms with Crippen LogP contribution in [0.2, 0.25) is 0 Å². The van der Waals surface area contributed by atoms with Crippen molar-refractivity contribution in [2.24, 2.45) is 0 Å². The van der Waals surface area contributed by atoms with Gasteiger partial charge in [0, 0.05) is 29.8 Å². The Morgan fingerprint density at radius 2 is 1.81 bits per heavy atom. The van der Waals surface area contributed by atoms with E-state index in [0.29, 0.717) is 30.4 Å². The van der Waals surface area contributed by atoms with E-state index < -0.39 is 12.3 Å². The van der Waals surface area contributed by atoms with E-state index >= 15 is 0 Å². The Morgan fingerprint density at radius 3 is 2.59 bits per heavy atom. The lowest BCUT2D eigenvalue weighted by Crippen LogP contribution is -2.17. The van der Waals surface area contributed by atoms with Crippen LogP contribution in [0.5, 0.6) is 17.2 Å². The number of ether oxygens (including phenoxy) is 3. The van der Waals surface area contributed by atoms with E-state index in [9.17, 15) is 18.0 Å². The van der Waals surface area contributed by atoms with Crippen molar-refractivity contribution >= 4 is 17.7 Å². The van der Waals surface area contributed by atoms with Crippen LogP contribution in [0.4, 0.5) is 18.9 Å². The molecular weight excluding hydrogens is 363 g/mol. The topological polar surface area (TPSA) is 56.8 Å². The van der Waals surface area contributed by atoms with Crippen LogP contribution in [0.1, 0.15) is 12.0 Å². The Morgan fingerprint density at radius 1 is 1.07 bits per heavy atom. The smallest absolute Gasteiger partial charge is 0.490 e. The highest BCUT2D eigenvalue weighted by Crippen LogP contribution is 2.32. The molecule has 8 heteroatoms. The molecule has 0 unspecified atom stereocenters. The molecule has 0 saturated heterocycles. The minimum Gasteiger partial charge on any atom is -0.490 e. The second-order valence-electron chi connectivity index (χ2n) is 5.62. The van der Waals surface area contributed by atoms with Gasteiger partial charge in [0.25, 0.3) is 0 Å². The van der Waals surface area contributed by atoms with E-state index in [4.69, 9.17) is 9.47 Å². The standard InChI is InChI=1S/C19H16F3NO4/c20-19(21,22)27-15-5-2-1-4-13(15)6-9-18(24)23-14-7-8-16-17(12-14)26-11-3-10-25-16/h1-2,4-9,12H,3,10-11H2,(H,23,24)/b9-6+. The number of fused-ring (bicyclic) bond motifs is 1. The first-order valence-electron chi connectivity index (χ1n) is 8.14. The van der Waals surface area contributed by atoms with E-state index in [1.54, 1.807) is 24.3 Å². The maximum absolute atomic E-state index is 12.4. The van der Waals surface area contributed by atoms with Crippen molar-refractivity contribution in [3.8, 4) is 17.2 Å². The number of rotatable bonds is 4. The quantitative estimate of drug-likeness (QED) is 0.800. The molecule has 27 heavy (non-hydrogen) atoms. The Hall–Kier alpha value is -3.16. The van der Waals surface area contributed by atoms with Gasteiger partial charge in [-0.15, -0.1) is 13.2 Å². The molecule has 0 saturated carbocycles. The third kappa shape index (κ3) is 5.40. The number of carbonyl (C=O) groups is 1. The second kappa shape index (κ2) is 8.03. The molecule has 0 aromatic heterocycles. The summed E-state index contributed by atoms with van der Waals surface area (Å²) in [6, 6.07) is 10.5. The molecule has 0 bridgehead atoms. The van der Waals surface area contributed by atoms with Crippen molar-refractivity contribution < 1.29 is 32.2 Å². The molecule has 0 fully saturated rings. The van der Waals surface area contributed by atoms with Crippen LogP contribution in [0.15, 0.2) is 48.5 Å². The Bertz CT molecular complexity index is 849. The van der Waals surface area contributed by atoms with Crippen LogP contribution in [0.25, 0.3) is 6.08 Å². The van der Waals surface area contributed by atoms with Gasteiger partial charge in [0.1, 0.15) is 5.75 Å². The van der Waals surface area contributed by atoms with Crippen LogP contribution in [0, 0.1) is 0 Å². The number of halogens is 3. The summed E-state index contributed by atoms with van der Waals surface area (Å²) in [5.74, 6) is 0.230. The molecule has 1 heterocycles. The number of hydrogen-bond acceptors (Lipinski definition) is 4. The summed E-state index contributed by atoms with van der Waals surface area (Å²) in [6.07, 6.45) is -1.67. The van der Waals surface area contributed by atoms with Crippen LogP contribution < -0.4 is 19.5 Å². The summed E-state index contributed by atoms with van der Waals surface area (Å²) in [4.78, 5) is 12.1. The third-order valence-electron chi connectivity index (χ3n) is 3.57. The summed E-state index contributed by atoms with van der Waals surface area (Å²) in [7, 11) is 0. The summed E-state index contributed by atoms with van der Waals surface area (Å²) >= 11 is 0. The monoisotopic (exact) mass is 379 g/mol. The molecule has 0 radical (unpaired) electrons. The number of hydrogen-bond donors (Lipinski definition) is 1. The maximum Gasteiger partial charge on any atom is 0.573 e. The average molecular weight is 379 g/mol. The van der Waals surface area contributed by atoms with Crippen LogP contribution in [-0.4, -0.2) is 25.5 Å². The fourth-order valence-corrected chi connectivity index (χ4v) is 2.43. The normalized spacial score (nSPS) is 13.9. The molecule has 1 aliphatic rings. The largest absolute Gasteiger partial charge is 0.573 e. The van der Waals surface area contributed by atoms with Crippen LogP contribution >= 0.6 is 0 Å². The van der Waals surface area contributed by atoms with Crippen molar-refractivity contribution in [1.82, 2.24) is 0 Å². The average Bonchev–Trinajstić information content (AvgIpc) is 2.84. The second-order valence-corrected chi connectivity index (χ2v) is 5.62. The van der Waals surface area contributed by atoms with Gasteiger partial charge in [0.05, 0.1) is 13.2 Å². The SMILES string of the molecule is O=C(/C=C/c1ccccc1OC(F)(F)F)Nc1ccc2c(c1)OCCCO2. The van der Waals surface area contributed by atoms with Crippen molar-refractivity contribution in [3.63, 3.8) is 0 Å². The number of anilines is 1. The molecule has 5 nitrogen and oxygen atoms in total. The van der Waals surface area contributed by atoms with Crippen molar-refractivity contribution in [3.05, 3.63) is 54.1 Å². The maximum atomic E-state index is 12.4. The van der Waals surface area contributed by atoms with Crippen molar-refractivity contribution in [2.45, 2.75) is 12.8 Å². The molecule has 0 atom stereocenters. The van der Waals surface area contributed by atoms with Crippen LogP contribution in [0.3, 0.4) is 0 Å². The minimum absolute atomic E-state index is 0.128. The molecule has 1 amide bonds. The summed E-state index contributed by atoms with van der Waals surface area (Å²) in [5, 5.41) is 2.63. The molecule has 142 valence electrons. The molecule has 0 aliphatic carbocycles. The highest BCUT2D eigenvalue weighted by Gasteiger charge is 2.31. The third-order valence-corrected chi connectivity index (χ3v) is 3.57. The zero-order valence-electron chi connectivity index (χ0n) is 14.1. The molecule has 0 spiro atoms. The fourth-order valence-electron chi connectivity index (χ4n) is 2.43. The molecule has 1 N–H and O–H groups in total. The number of amides is 1. The summed E-state index contributed by atoms with van der Waals surface area (Å²) in [5.41, 5.74) is 0.609. The van der Waals surface area contributed by atoms with Gasteiger partial charge in [-0.25, -0.2) is 0 Å². The predicted molar refractivity (Wildman–Crippen MR) is 92.8 cm³/mol. The molecule has 2 aromatic carbocycles. The fraction of sp³-hybridized carbons (Fsp3) is 0.211. The van der Waals surface area contributed by atoms with Crippen molar-refractivity contribution in [2.75, 3.05) is 18.5 Å². The Kier molecular flexibility index (Phi) is 5.54. The highest BCUT2D eigenvalue weighted by molar-refractivity contribution is 6.02. The first kappa shape index (κ1) is 18.6. The lowest BCUT2D eigenvalue weighted by Gasteiger charge is -2.11. The van der Waals surface area contributed by atoms with Gasteiger partial charge in [0.15, 0.2) is 11.5 Å². The zero-order valence-corrected chi connectivity index (χ0v) is 14.1. The number of nitrogens with one attached hydrogen (secondary N) is 1. The first-order valence-corrected chi connectivity index (χ1v) is 8.14. The van der Waals surface area contributed by atoms with Gasteiger partial charge < -0.3 is 19.5 Å². The lowest BCUT2D eigenvalue weighted by atomic mass is 10.2. The lowest BCUT2D eigenvalue weighted by molar-refractivity contribution is -0.274. The van der Waals surface area contributed by atoms with Gasteiger partial charge in [-0.1, -0.05) is 18.2 Å². The van der Waals surface area contributed by atoms with Gasteiger partial charge >= 0.3 is 6.36 Å². The van der Waals surface area contributed by atoms with E-state index in [1.165, 1.54) is 24.3 Å². The van der Waals surface area contributed by atoms with Gasteiger partial charge in [-0.3, -0.25) is 4.79 Å².